The number of benzene rings is 1. The molecule has 18 heavy (non-hydrogen) atoms. The SMILES string of the molecule is CNc1cc(-c2ccc(CC(C)C)cc2)ncn1. The van der Waals surface area contributed by atoms with Crippen LogP contribution in [-0.4, -0.2) is 17.0 Å². The topological polar surface area (TPSA) is 37.8 Å². The van der Waals surface area contributed by atoms with Crippen molar-refractivity contribution in [2.45, 2.75) is 20.3 Å². The van der Waals surface area contributed by atoms with Gasteiger partial charge in [-0.3, -0.25) is 0 Å². The van der Waals surface area contributed by atoms with E-state index in [0.29, 0.717) is 5.92 Å². The lowest BCUT2D eigenvalue weighted by molar-refractivity contribution is 0.647. The molecule has 3 heteroatoms. The second-order valence-corrected chi connectivity index (χ2v) is 4.83. The molecule has 1 aromatic carbocycles. The van der Waals surface area contributed by atoms with E-state index >= 15 is 0 Å². The van der Waals surface area contributed by atoms with E-state index in [9.17, 15) is 0 Å². The third-order valence-corrected chi connectivity index (χ3v) is 2.82. The zero-order chi connectivity index (χ0) is 13.0. The van der Waals surface area contributed by atoms with Gasteiger partial charge in [-0.25, -0.2) is 9.97 Å². The Balaban J connectivity index is 2.22. The monoisotopic (exact) mass is 241 g/mol. The van der Waals surface area contributed by atoms with Crippen molar-refractivity contribution in [3.05, 3.63) is 42.2 Å². The highest BCUT2D eigenvalue weighted by molar-refractivity contribution is 5.62. The van der Waals surface area contributed by atoms with Gasteiger partial charge < -0.3 is 5.32 Å². The molecule has 1 heterocycles. The molecule has 0 atom stereocenters. The number of nitrogens with zero attached hydrogens (tertiary/aromatic N) is 2. The second kappa shape index (κ2) is 5.63. The number of anilines is 1. The fraction of sp³-hybridized carbons (Fsp3) is 0.333. The smallest absolute Gasteiger partial charge is 0.129 e. The fourth-order valence-corrected chi connectivity index (χ4v) is 1.93. The lowest BCUT2D eigenvalue weighted by Crippen LogP contribution is -1.95. The van der Waals surface area contributed by atoms with E-state index in [-0.39, 0.29) is 0 Å². The maximum atomic E-state index is 4.30. The largest absolute Gasteiger partial charge is 0.373 e. The first kappa shape index (κ1) is 12.6. The lowest BCUT2D eigenvalue weighted by atomic mass is 10.0. The number of hydrogen-bond donors (Lipinski definition) is 1. The Kier molecular flexibility index (Phi) is 3.92. The lowest BCUT2D eigenvalue weighted by Gasteiger charge is -2.07. The first-order valence-electron chi connectivity index (χ1n) is 6.28. The molecular formula is C15H19N3. The molecular weight excluding hydrogens is 222 g/mol. The van der Waals surface area contributed by atoms with Crippen molar-refractivity contribution >= 4 is 5.82 Å². The first-order valence-corrected chi connectivity index (χ1v) is 6.28. The van der Waals surface area contributed by atoms with Gasteiger partial charge in [-0.2, -0.15) is 0 Å². The summed E-state index contributed by atoms with van der Waals surface area (Å²) in [5, 5.41) is 3.02. The number of rotatable bonds is 4. The third-order valence-electron chi connectivity index (χ3n) is 2.82. The number of aromatic nitrogens is 2. The Bertz CT molecular complexity index is 503. The molecule has 0 amide bonds. The maximum absolute atomic E-state index is 4.30. The predicted molar refractivity (Wildman–Crippen MR) is 75.6 cm³/mol. The van der Waals surface area contributed by atoms with E-state index in [1.165, 1.54) is 5.56 Å². The van der Waals surface area contributed by atoms with Crippen LogP contribution >= 0.6 is 0 Å². The van der Waals surface area contributed by atoms with E-state index in [2.05, 4.69) is 53.4 Å². The average Bonchev–Trinajstić information content (AvgIpc) is 2.39. The zero-order valence-electron chi connectivity index (χ0n) is 11.1. The van der Waals surface area contributed by atoms with Crippen LogP contribution in [0.25, 0.3) is 11.3 Å². The molecule has 0 aliphatic carbocycles. The normalized spacial score (nSPS) is 10.7. The molecule has 0 spiro atoms. The average molecular weight is 241 g/mol. The molecule has 0 aliphatic heterocycles. The van der Waals surface area contributed by atoms with E-state index in [4.69, 9.17) is 0 Å². The molecule has 0 radical (unpaired) electrons. The highest BCUT2D eigenvalue weighted by Gasteiger charge is 2.02. The van der Waals surface area contributed by atoms with E-state index < -0.39 is 0 Å². The molecule has 1 N–H and O–H groups in total. The fourth-order valence-electron chi connectivity index (χ4n) is 1.93. The van der Waals surface area contributed by atoms with Crippen LogP contribution in [0.4, 0.5) is 5.82 Å². The Morgan fingerprint density at radius 2 is 1.83 bits per heavy atom. The van der Waals surface area contributed by atoms with Gasteiger partial charge in [0.1, 0.15) is 12.1 Å². The van der Waals surface area contributed by atoms with E-state index in [1.54, 1.807) is 6.33 Å². The summed E-state index contributed by atoms with van der Waals surface area (Å²) in [5.41, 5.74) is 3.45. The molecule has 94 valence electrons. The summed E-state index contributed by atoms with van der Waals surface area (Å²) in [5.74, 6) is 1.53. The molecule has 2 rings (SSSR count). The van der Waals surface area contributed by atoms with Crippen molar-refractivity contribution in [2.24, 2.45) is 5.92 Å². The summed E-state index contributed by atoms with van der Waals surface area (Å²) in [6.07, 6.45) is 2.70. The highest BCUT2D eigenvalue weighted by atomic mass is 15.0. The maximum Gasteiger partial charge on any atom is 0.129 e. The van der Waals surface area contributed by atoms with Crippen molar-refractivity contribution < 1.29 is 0 Å². The Hall–Kier alpha value is -1.90. The summed E-state index contributed by atoms with van der Waals surface area (Å²) >= 11 is 0. The minimum Gasteiger partial charge on any atom is -0.373 e. The third kappa shape index (κ3) is 3.06. The molecule has 3 nitrogen and oxygen atoms in total. The van der Waals surface area contributed by atoms with Crippen LogP contribution in [0, 0.1) is 5.92 Å². The van der Waals surface area contributed by atoms with Crippen molar-refractivity contribution in [1.82, 2.24) is 9.97 Å². The van der Waals surface area contributed by atoms with Crippen LogP contribution in [0.5, 0.6) is 0 Å². The van der Waals surface area contributed by atoms with Crippen LogP contribution < -0.4 is 5.32 Å². The Labute approximate surface area is 108 Å². The van der Waals surface area contributed by atoms with Gasteiger partial charge in [-0.15, -0.1) is 0 Å². The minimum atomic E-state index is 0.686. The van der Waals surface area contributed by atoms with Gasteiger partial charge in [0.2, 0.25) is 0 Å². The van der Waals surface area contributed by atoms with Crippen molar-refractivity contribution in [3.63, 3.8) is 0 Å². The summed E-state index contributed by atoms with van der Waals surface area (Å²) in [6.45, 7) is 4.47. The van der Waals surface area contributed by atoms with Gasteiger partial charge in [0.05, 0.1) is 5.69 Å². The van der Waals surface area contributed by atoms with Gasteiger partial charge in [0.15, 0.2) is 0 Å². The van der Waals surface area contributed by atoms with E-state index in [1.807, 2.05) is 13.1 Å². The quantitative estimate of drug-likeness (QED) is 0.891. The van der Waals surface area contributed by atoms with Crippen molar-refractivity contribution in [1.29, 1.82) is 0 Å². The first-order chi connectivity index (χ1) is 8.69. The van der Waals surface area contributed by atoms with E-state index in [0.717, 1.165) is 23.5 Å². The van der Waals surface area contributed by atoms with Crippen LogP contribution in [-0.2, 0) is 6.42 Å². The molecule has 1 aromatic heterocycles. The van der Waals surface area contributed by atoms with Crippen LogP contribution in [0.2, 0.25) is 0 Å². The van der Waals surface area contributed by atoms with Crippen LogP contribution in [0.1, 0.15) is 19.4 Å². The molecule has 0 aliphatic rings. The van der Waals surface area contributed by atoms with Gasteiger partial charge in [-0.1, -0.05) is 38.1 Å². The molecule has 0 bridgehead atoms. The highest BCUT2D eigenvalue weighted by Crippen LogP contribution is 2.20. The van der Waals surface area contributed by atoms with Crippen molar-refractivity contribution in [2.75, 3.05) is 12.4 Å². The summed E-state index contributed by atoms with van der Waals surface area (Å²) in [7, 11) is 1.86. The second-order valence-electron chi connectivity index (χ2n) is 4.83. The van der Waals surface area contributed by atoms with Gasteiger partial charge in [-0.05, 0) is 17.9 Å². The predicted octanol–water partition coefficient (Wildman–Crippen LogP) is 3.38. The molecule has 0 saturated heterocycles. The van der Waals surface area contributed by atoms with Gasteiger partial charge in [0.25, 0.3) is 0 Å². The van der Waals surface area contributed by atoms with Crippen LogP contribution in [0.15, 0.2) is 36.7 Å². The van der Waals surface area contributed by atoms with Crippen LogP contribution in [0.3, 0.4) is 0 Å². The molecule has 0 fully saturated rings. The zero-order valence-corrected chi connectivity index (χ0v) is 11.1. The summed E-state index contributed by atoms with van der Waals surface area (Å²) < 4.78 is 0. The standard InChI is InChI=1S/C15H19N3/c1-11(2)8-12-4-6-13(7-5-12)14-9-15(16-3)18-10-17-14/h4-7,9-11H,8H2,1-3H3,(H,16,17,18). The molecule has 0 saturated carbocycles. The molecule has 0 unspecified atom stereocenters. The summed E-state index contributed by atoms with van der Waals surface area (Å²) in [6, 6.07) is 10.6. The number of hydrogen-bond acceptors (Lipinski definition) is 3. The molecule has 2 aromatic rings. The Morgan fingerprint density at radius 1 is 1.11 bits per heavy atom. The van der Waals surface area contributed by atoms with Gasteiger partial charge >= 0.3 is 0 Å². The van der Waals surface area contributed by atoms with Gasteiger partial charge in [0, 0.05) is 18.7 Å². The van der Waals surface area contributed by atoms with Crippen molar-refractivity contribution in [3.8, 4) is 11.3 Å². The number of nitrogens with one attached hydrogen (secondary N) is 1. The summed E-state index contributed by atoms with van der Waals surface area (Å²) in [4.78, 5) is 8.42. The minimum absolute atomic E-state index is 0.686. The Morgan fingerprint density at radius 3 is 2.44 bits per heavy atom.